The SMILES string of the molecule is Nc1ccc2cccc(OCC3CC4CCC3C4)c2n1. The molecule has 3 atom stereocenters. The van der Waals surface area contributed by atoms with Gasteiger partial charge >= 0.3 is 0 Å². The first-order chi connectivity index (χ1) is 9.79. The number of pyridine rings is 1. The Hall–Kier alpha value is -1.77. The molecule has 3 unspecified atom stereocenters. The number of ether oxygens (including phenoxy) is 1. The maximum absolute atomic E-state index is 6.09. The van der Waals surface area contributed by atoms with Gasteiger partial charge in [0.05, 0.1) is 6.61 Å². The minimum atomic E-state index is 0.550. The maximum atomic E-state index is 6.09. The molecule has 0 saturated heterocycles. The van der Waals surface area contributed by atoms with E-state index in [9.17, 15) is 0 Å². The van der Waals surface area contributed by atoms with Crippen molar-refractivity contribution >= 4 is 16.7 Å². The highest BCUT2D eigenvalue weighted by Crippen LogP contribution is 2.48. The average molecular weight is 268 g/mol. The highest BCUT2D eigenvalue weighted by molar-refractivity contribution is 5.85. The Morgan fingerprint density at radius 3 is 2.90 bits per heavy atom. The van der Waals surface area contributed by atoms with Crippen LogP contribution >= 0.6 is 0 Å². The van der Waals surface area contributed by atoms with Crippen LogP contribution in [0.15, 0.2) is 30.3 Å². The molecule has 2 aromatic rings. The molecular formula is C17H20N2O. The second-order valence-corrected chi connectivity index (χ2v) is 6.31. The Balaban J connectivity index is 1.55. The van der Waals surface area contributed by atoms with Crippen molar-refractivity contribution in [3.05, 3.63) is 30.3 Å². The summed E-state index contributed by atoms with van der Waals surface area (Å²) < 4.78 is 6.09. The van der Waals surface area contributed by atoms with Gasteiger partial charge in [-0.3, -0.25) is 0 Å². The molecular weight excluding hydrogens is 248 g/mol. The van der Waals surface area contributed by atoms with Gasteiger partial charge in [0.2, 0.25) is 0 Å². The first-order valence-corrected chi connectivity index (χ1v) is 7.57. The van der Waals surface area contributed by atoms with Crippen LogP contribution in [0.3, 0.4) is 0 Å². The summed E-state index contributed by atoms with van der Waals surface area (Å²) >= 11 is 0. The van der Waals surface area contributed by atoms with E-state index in [4.69, 9.17) is 10.5 Å². The number of aromatic nitrogens is 1. The molecule has 1 aromatic carbocycles. The molecule has 2 saturated carbocycles. The van der Waals surface area contributed by atoms with E-state index in [1.54, 1.807) is 0 Å². The summed E-state index contributed by atoms with van der Waals surface area (Å²) in [6, 6.07) is 9.91. The second kappa shape index (κ2) is 4.65. The Kier molecular flexibility index (Phi) is 2.79. The van der Waals surface area contributed by atoms with Crippen molar-refractivity contribution in [3.8, 4) is 5.75 Å². The van der Waals surface area contributed by atoms with Gasteiger partial charge in [-0.1, -0.05) is 18.6 Å². The van der Waals surface area contributed by atoms with E-state index in [-0.39, 0.29) is 0 Å². The molecule has 2 aliphatic carbocycles. The molecule has 2 N–H and O–H groups in total. The molecule has 2 bridgehead atoms. The Bertz CT molecular complexity index is 640. The average Bonchev–Trinajstić information content (AvgIpc) is 3.07. The van der Waals surface area contributed by atoms with Gasteiger partial charge in [-0.25, -0.2) is 4.98 Å². The van der Waals surface area contributed by atoms with Gasteiger partial charge in [-0.2, -0.15) is 0 Å². The smallest absolute Gasteiger partial charge is 0.145 e. The molecule has 2 fully saturated rings. The Morgan fingerprint density at radius 2 is 2.10 bits per heavy atom. The van der Waals surface area contributed by atoms with Crippen molar-refractivity contribution in [2.24, 2.45) is 17.8 Å². The third-order valence-corrected chi connectivity index (χ3v) is 5.04. The quantitative estimate of drug-likeness (QED) is 0.924. The number of fused-ring (bicyclic) bond motifs is 3. The number of anilines is 1. The number of benzene rings is 1. The van der Waals surface area contributed by atoms with E-state index in [1.807, 2.05) is 30.3 Å². The van der Waals surface area contributed by atoms with Gasteiger partial charge in [-0.05, 0) is 55.2 Å². The van der Waals surface area contributed by atoms with E-state index in [0.29, 0.717) is 5.82 Å². The number of nitrogens with two attached hydrogens (primary N) is 1. The lowest BCUT2D eigenvalue weighted by molar-refractivity contribution is 0.196. The standard InChI is InChI=1S/C17H20N2O/c18-16-7-6-12-2-1-3-15(17(12)19-16)20-10-14-9-11-4-5-13(14)8-11/h1-3,6-7,11,13-14H,4-5,8-10H2,(H2,18,19). The molecule has 0 aliphatic heterocycles. The summed E-state index contributed by atoms with van der Waals surface area (Å²) in [4.78, 5) is 4.42. The molecule has 0 radical (unpaired) electrons. The zero-order chi connectivity index (χ0) is 13.5. The molecule has 1 aromatic heterocycles. The fraction of sp³-hybridized carbons (Fsp3) is 0.471. The lowest BCUT2D eigenvalue weighted by Gasteiger charge is -2.22. The van der Waals surface area contributed by atoms with Gasteiger partial charge in [0.1, 0.15) is 17.1 Å². The third kappa shape index (κ3) is 2.01. The number of nitrogens with zero attached hydrogens (tertiary/aromatic N) is 1. The van der Waals surface area contributed by atoms with Crippen molar-refractivity contribution < 1.29 is 4.74 Å². The molecule has 20 heavy (non-hydrogen) atoms. The van der Waals surface area contributed by atoms with Gasteiger partial charge in [-0.15, -0.1) is 0 Å². The number of hydrogen-bond acceptors (Lipinski definition) is 3. The molecule has 0 spiro atoms. The molecule has 3 nitrogen and oxygen atoms in total. The van der Waals surface area contributed by atoms with Crippen LogP contribution in [0.2, 0.25) is 0 Å². The highest BCUT2D eigenvalue weighted by atomic mass is 16.5. The first-order valence-electron chi connectivity index (χ1n) is 7.57. The highest BCUT2D eigenvalue weighted by Gasteiger charge is 2.39. The normalized spacial score (nSPS) is 28.1. The van der Waals surface area contributed by atoms with Crippen LogP contribution in [0.4, 0.5) is 5.82 Å². The van der Waals surface area contributed by atoms with E-state index < -0.39 is 0 Å². The van der Waals surface area contributed by atoms with E-state index in [2.05, 4.69) is 4.98 Å². The topological polar surface area (TPSA) is 48.1 Å². The summed E-state index contributed by atoms with van der Waals surface area (Å²) in [5, 5.41) is 1.09. The van der Waals surface area contributed by atoms with E-state index >= 15 is 0 Å². The van der Waals surface area contributed by atoms with Crippen LogP contribution in [0.25, 0.3) is 10.9 Å². The van der Waals surface area contributed by atoms with Gasteiger partial charge in [0.15, 0.2) is 0 Å². The van der Waals surface area contributed by atoms with Crippen molar-refractivity contribution in [1.29, 1.82) is 0 Å². The first kappa shape index (κ1) is 12.0. The van der Waals surface area contributed by atoms with Crippen molar-refractivity contribution in [3.63, 3.8) is 0 Å². The zero-order valence-corrected chi connectivity index (χ0v) is 11.6. The number of para-hydroxylation sites is 1. The monoisotopic (exact) mass is 268 g/mol. The van der Waals surface area contributed by atoms with Crippen LogP contribution in [0.1, 0.15) is 25.7 Å². The molecule has 2 aliphatic rings. The second-order valence-electron chi connectivity index (χ2n) is 6.31. The van der Waals surface area contributed by atoms with Crippen LogP contribution in [0.5, 0.6) is 5.75 Å². The summed E-state index contributed by atoms with van der Waals surface area (Å²) in [6.45, 7) is 0.830. The summed E-state index contributed by atoms with van der Waals surface area (Å²) in [5.74, 6) is 4.03. The summed E-state index contributed by atoms with van der Waals surface area (Å²) in [6.07, 6.45) is 5.62. The number of nitrogen functional groups attached to an aromatic ring is 1. The number of hydrogen-bond donors (Lipinski definition) is 1. The lowest BCUT2D eigenvalue weighted by Crippen LogP contribution is -2.18. The molecule has 104 valence electrons. The van der Waals surface area contributed by atoms with Gasteiger partial charge in [0, 0.05) is 5.39 Å². The molecule has 3 heteroatoms. The number of rotatable bonds is 3. The third-order valence-electron chi connectivity index (χ3n) is 5.04. The fourth-order valence-electron chi connectivity index (χ4n) is 4.03. The molecule has 1 heterocycles. The van der Waals surface area contributed by atoms with Crippen molar-refractivity contribution in [2.45, 2.75) is 25.7 Å². The predicted molar refractivity (Wildman–Crippen MR) is 80.6 cm³/mol. The summed E-state index contributed by atoms with van der Waals surface area (Å²) in [5.41, 5.74) is 6.68. The summed E-state index contributed by atoms with van der Waals surface area (Å²) in [7, 11) is 0. The fourth-order valence-corrected chi connectivity index (χ4v) is 4.03. The van der Waals surface area contributed by atoms with Gasteiger partial charge < -0.3 is 10.5 Å². The molecule has 4 rings (SSSR count). The minimum absolute atomic E-state index is 0.550. The van der Waals surface area contributed by atoms with Gasteiger partial charge in [0.25, 0.3) is 0 Å². The Morgan fingerprint density at radius 1 is 1.15 bits per heavy atom. The van der Waals surface area contributed by atoms with Crippen LogP contribution < -0.4 is 10.5 Å². The van der Waals surface area contributed by atoms with E-state index in [0.717, 1.165) is 41.0 Å². The zero-order valence-electron chi connectivity index (χ0n) is 11.6. The Labute approximate surface area is 119 Å². The lowest BCUT2D eigenvalue weighted by atomic mass is 9.89. The van der Waals surface area contributed by atoms with E-state index in [1.165, 1.54) is 25.7 Å². The van der Waals surface area contributed by atoms with Crippen molar-refractivity contribution in [1.82, 2.24) is 4.98 Å². The van der Waals surface area contributed by atoms with Crippen molar-refractivity contribution in [2.75, 3.05) is 12.3 Å². The van der Waals surface area contributed by atoms with Crippen LogP contribution in [0, 0.1) is 17.8 Å². The van der Waals surface area contributed by atoms with Crippen LogP contribution in [-0.2, 0) is 0 Å². The predicted octanol–water partition coefficient (Wildman–Crippen LogP) is 3.63. The minimum Gasteiger partial charge on any atom is -0.491 e. The van der Waals surface area contributed by atoms with Crippen LogP contribution in [-0.4, -0.2) is 11.6 Å². The maximum Gasteiger partial charge on any atom is 0.145 e. The largest absolute Gasteiger partial charge is 0.491 e. The molecule has 0 amide bonds.